The average Bonchev–Trinajstić information content (AvgIpc) is 3.40. The van der Waals surface area contributed by atoms with Gasteiger partial charge in [-0.25, -0.2) is 4.68 Å². The van der Waals surface area contributed by atoms with Crippen LogP contribution in [0.3, 0.4) is 0 Å². The number of carbonyl (C=O) groups is 1. The summed E-state index contributed by atoms with van der Waals surface area (Å²) in [5, 5.41) is 8.69. The standard InChI is InChI=1S/C16H24N4O2/c1-11(21)19-7-14(10-22-9-13-4-5-13)16-15(8-19)17-18-20(16)6-12-2-3-12/h12-14H,2-10H2,1H3. The molecule has 0 N–H and O–H groups in total. The van der Waals surface area contributed by atoms with Crippen LogP contribution < -0.4 is 0 Å². The molecule has 4 rings (SSSR count). The van der Waals surface area contributed by atoms with Crippen LogP contribution in [0.1, 0.15) is 49.9 Å². The highest BCUT2D eigenvalue weighted by atomic mass is 16.5. The summed E-state index contributed by atoms with van der Waals surface area (Å²) in [5.74, 6) is 1.85. The highest BCUT2D eigenvalue weighted by molar-refractivity contribution is 5.73. The topological polar surface area (TPSA) is 60.2 Å². The van der Waals surface area contributed by atoms with Crippen LogP contribution in [0.5, 0.6) is 0 Å². The molecule has 0 bridgehead atoms. The minimum Gasteiger partial charge on any atom is -0.380 e. The van der Waals surface area contributed by atoms with Crippen molar-refractivity contribution in [3.8, 4) is 0 Å². The van der Waals surface area contributed by atoms with E-state index in [0.717, 1.165) is 37.2 Å². The van der Waals surface area contributed by atoms with Gasteiger partial charge in [0, 0.05) is 32.5 Å². The van der Waals surface area contributed by atoms with Crippen LogP contribution in [0.2, 0.25) is 0 Å². The molecule has 2 aliphatic carbocycles. The summed E-state index contributed by atoms with van der Waals surface area (Å²) in [5.41, 5.74) is 2.17. The molecule has 1 atom stereocenters. The van der Waals surface area contributed by atoms with Gasteiger partial charge in [-0.1, -0.05) is 5.21 Å². The maximum absolute atomic E-state index is 11.8. The van der Waals surface area contributed by atoms with Gasteiger partial charge in [0.1, 0.15) is 5.69 Å². The van der Waals surface area contributed by atoms with Crippen molar-refractivity contribution in [1.82, 2.24) is 19.9 Å². The Morgan fingerprint density at radius 1 is 1.23 bits per heavy atom. The number of rotatable bonds is 6. The molecule has 1 aromatic heterocycles. The normalized spacial score (nSPS) is 24.4. The quantitative estimate of drug-likeness (QED) is 0.800. The van der Waals surface area contributed by atoms with E-state index in [9.17, 15) is 4.79 Å². The summed E-state index contributed by atoms with van der Waals surface area (Å²) >= 11 is 0. The van der Waals surface area contributed by atoms with Gasteiger partial charge in [-0.05, 0) is 37.5 Å². The van der Waals surface area contributed by atoms with Crippen LogP contribution >= 0.6 is 0 Å². The van der Waals surface area contributed by atoms with Gasteiger partial charge in [-0.15, -0.1) is 5.10 Å². The van der Waals surface area contributed by atoms with E-state index in [0.29, 0.717) is 13.2 Å². The van der Waals surface area contributed by atoms with E-state index < -0.39 is 0 Å². The van der Waals surface area contributed by atoms with Crippen LogP contribution in [-0.4, -0.2) is 45.6 Å². The van der Waals surface area contributed by atoms with Crippen LogP contribution in [-0.2, 0) is 22.6 Å². The summed E-state index contributed by atoms with van der Waals surface area (Å²) in [6.07, 6.45) is 5.21. The number of ether oxygens (including phenoxy) is 1. The molecule has 3 aliphatic rings. The molecule has 120 valence electrons. The van der Waals surface area contributed by atoms with E-state index in [1.807, 2.05) is 4.90 Å². The molecule has 6 nitrogen and oxygen atoms in total. The van der Waals surface area contributed by atoms with Gasteiger partial charge in [-0.2, -0.15) is 0 Å². The zero-order valence-electron chi connectivity index (χ0n) is 13.2. The second-order valence-corrected chi connectivity index (χ2v) is 7.12. The van der Waals surface area contributed by atoms with Crippen molar-refractivity contribution >= 4 is 5.91 Å². The molecule has 0 radical (unpaired) electrons. The predicted octanol–water partition coefficient (Wildman–Crippen LogP) is 1.56. The largest absolute Gasteiger partial charge is 0.380 e. The van der Waals surface area contributed by atoms with Gasteiger partial charge in [0.25, 0.3) is 0 Å². The highest BCUT2D eigenvalue weighted by Crippen LogP contribution is 2.34. The Morgan fingerprint density at radius 2 is 2.00 bits per heavy atom. The average molecular weight is 304 g/mol. The van der Waals surface area contributed by atoms with Crippen molar-refractivity contribution in [2.24, 2.45) is 11.8 Å². The molecular weight excluding hydrogens is 280 g/mol. The third-order valence-corrected chi connectivity index (χ3v) is 4.96. The summed E-state index contributed by atoms with van der Waals surface area (Å²) in [4.78, 5) is 13.6. The Balaban J connectivity index is 1.51. The lowest BCUT2D eigenvalue weighted by Gasteiger charge is -2.31. The van der Waals surface area contributed by atoms with E-state index in [2.05, 4.69) is 15.0 Å². The first-order valence-electron chi connectivity index (χ1n) is 8.46. The van der Waals surface area contributed by atoms with Crippen molar-refractivity contribution in [1.29, 1.82) is 0 Å². The van der Waals surface area contributed by atoms with Gasteiger partial charge in [0.15, 0.2) is 0 Å². The lowest BCUT2D eigenvalue weighted by atomic mass is 9.98. The Labute approximate surface area is 130 Å². The first-order chi connectivity index (χ1) is 10.7. The molecule has 2 saturated carbocycles. The molecule has 6 heteroatoms. The number of carbonyl (C=O) groups excluding carboxylic acids is 1. The molecule has 0 spiro atoms. The van der Waals surface area contributed by atoms with Gasteiger partial charge >= 0.3 is 0 Å². The molecule has 1 aliphatic heterocycles. The molecule has 0 aromatic carbocycles. The van der Waals surface area contributed by atoms with Gasteiger partial charge in [0.2, 0.25) is 5.91 Å². The fourth-order valence-electron chi connectivity index (χ4n) is 3.23. The molecular formula is C16H24N4O2. The smallest absolute Gasteiger partial charge is 0.219 e. The molecule has 22 heavy (non-hydrogen) atoms. The summed E-state index contributed by atoms with van der Waals surface area (Å²) < 4.78 is 8.00. The van der Waals surface area contributed by atoms with Crippen molar-refractivity contribution in [3.05, 3.63) is 11.4 Å². The number of hydrogen-bond acceptors (Lipinski definition) is 4. The SMILES string of the molecule is CC(=O)N1Cc2nnn(CC3CC3)c2C(COCC2CC2)C1. The molecule has 1 amide bonds. The fraction of sp³-hybridized carbons (Fsp3) is 0.812. The summed E-state index contributed by atoms with van der Waals surface area (Å²) in [6.45, 7) is 5.45. The third kappa shape index (κ3) is 3.02. The zero-order chi connectivity index (χ0) is 15.1. The minimum atomic E-state index is 0.106. The number of aromatic nitrogens is 3. The Morgan fingerprint density at radius 3 is 2.68 bits per heavy atom. The summed E-state index contributed by atoms with van der Waals surface area (Å²) in [6, 6.07) is 0. The first kappa shape index (κ1) is 14.2. The third-order valence-electron chi connectivity index (χ3n) is 4.96. The van der Waals surface area contributed by atoms with E-state index in [4.69, 9.17) is 4.74 Å². The van der Waals surface area contributed by atoms with Gasteiger partial charge < -0.3 is 9.64 Å². The highest BCUT2D eigenvalue weighted by Gasteiger charge is 2.34. The van der Waals surface area contributed by atoms with Crippen molar-refractivity contribution in [2.75, 3.05) is 19.8 Å². The monoisotopic (exact) mass is 304 g/mol. The molecule has 0 saturated heterocycles. The van der Waals surface area contributed by atoms with Crippen molar-refractivity contribution in [2.45, 2.75) is 51.6 Å². The summed E-state index contributed by atoms with van der Waals surface area (Å²) in [7, 11) is 0. The first-order valence-corrected chi connectivity index (χ1v) is 8.46. The Bertz CT molecular complexity index is 562. The van der Waals surface area contributed by atoms with E-state index in [1.165, 1.54) is 31.4 Å². The maximum atomic E-state index is 11.8. The van der Waals surface area contributed by atoms with Crippen molar-refractivity contribution < 1.29 is 9.53 Å². The predicted molar refractivity (Wildman–Crippen MR) is 80.1 cm³/mol. The van der Waals surface area contributed by atoms with Crippen LogP contribution in [0.15, 0.2) is 0 Å². The molecule has 1 aromatic rings. The zero-order valence-corrected chi connectivity index (χ0v) is 13.2. The van der Waals surface area contributed by atoms with Gasteiger partial charge in [0.05, 0.1) is 18.8 Å². The van der Waals surface area contributed by atoms with Crippen LogP contribution in [0, 0.1) is 11.8 Å². The van der Waals surface area contributed by atoms with E-state index in [1.54, 1.807) is 6.92 Å². The fourth-order valence-corrected chi connectivity index (χ4v) is 3.23. The second-order valence-electron chi connectivity index (χ2n) is 7.12. The number of fused-ring (bicyclic) bond motifs is 1. The van der Waals surface area contributed by atoms with E-state index in [-0.39, 0.29) is 11.8 Å². The van der Waals surface area contributed by atoms with E-state index >= 15 is 0 Å². The van der Waals surface area contributed by atoms with Crippen LogP contribution in [0.25, 0.3) is 0 Å². The van der Waals surface area contributed by atoms with Gasteiger partial charge in [-0.3, -0.25) is 4.79 Å². The Hall–Kier alpha value is -1.43. The lowest BCUT2D eigenvalue weighted by Crippen LogP contribution is -2.39. The van der Waals surface area contributed by atoms with Crippen LogP contribution in [0.4, 0.5) is 0 Å². The molecule has 1 unspecified atom stereocenters. The Kier molecular flexibility index (Phi) is 3.64. The molecule has 2 heterocycles. The minimum absolute atomic E-state index is 0.106. The lowest BCUT2D eigenvalue weighted by molar-refractivity contribution is -0.130. The number of hydrogen-bond donors (Lipinski definition) is 0. The number of nitrogens with zero attached hydrogens (tertiary/aromatic N) is 4. The van der Waals surface area contributed by atoms with Crippen molar-refractivity contribution in [3.63, 3.8) is 0 Å². The second kappa shape index (κ2) is 5.65. The molecule has 2 fully saturated rings. The number of amides is 1. The maximum Gasteiger partial charge on any atom is 0.219 e.